The summed E-state index contributed by atoms with van der Waals surface area (Å²) in [5.41, 5.74) is 1.88. The van der Waals surface area contributed by atoms with E-state index in [9.17, 15) is 18.3 Å². The Morgan fingerprint density at radius 2 is 1.52 bits per heavy atom. The summed E-state index contributed by atoms with van der Waals surface area (Å²) in [6.45, 7) is 0. The van der Waals surface area contributed by atoms with Crippen LogP contribution in [-0.4, -0.2) is 5.11 Å². The van der Waals surface area contributed by atoms with Crippen LogP contribution in [0.3, 0.4) is 0 Å². The van der Waals surface area contributed by atoms with Crippen LogP contribution in [0.15, 0.2) is 54.6 Å². The van der Waals surface area contributed by atoms with Crippen molar-refractivity contribution in [3.8, 4) is 22.9 Å². The Balaban J connectivity index is 2.13. The van der Waals surface area contributed by atoms with Crippen LogP contribution in [0.2, 0.25) is 0 Å². The average molecular weight is 339 g/mol. The van der Waals surface area contributed by atoms with Crippen LogP contribution < -0.4 is 0 Å². The zero-order valence-corrected chi connectivity index (χ0v) is 12.9. The largest absolute Gasteiger partial charge is 0.508 e. The maximum Gasteiger partial charge on any atom is 0.141 e. The third-order valence-electron chi connectivity index (χ3n) is 3.81. The summed E-state index contributed by atoms with van der Waals surface area (Å²) in [7, 11) is 0. The van der Waals surface area contributed by atoms with E-state index in [1.54, 1.807) is 18.2 Å². The van der Waals surface area contributed by atoms with Crippen LogP contribution in [0.1, 0.15) is 16.7 Å². The van der Waals surface area contributed by atoms with Gasteiger partial charge in [0, 0.05) is 6.07 Å². The molecule has 0 atom stereocenters. The number of aromatic hydroxyl groups is 1. The first kappa shape index (κ1) is 16.6. The maximum atomic E-state index is 14.1. The van der Waals surface area contributed by atoms with Crippen molar-refractivity contribution in [1.29, 1.82) is 5.26 Å². The molecule has 0 aromatic heterocycles. The van der Waals surface area contributed by atoms with Gasteiger partial charge in [-0.05, 0) is 65.1 Å². The topological polar surface area (TPSA) is 44.0 Å². The van der Waals surface area contributed by atoms with Crippen molar-refractivity contribution in [1.82, 2.24) is 0 Å². The summed E-state index contributed by atoms with van der Waals surface area (Å²) < 4.78 is 40.9. The molecule has 0 unspecified atom stereocenters. The van der Waals surface area contributed by atoms with Crippen LogP contribution in [0.5, 0.6) is 5.75 Å². The third-order valence-corrected chi connectivity index (χ3v) is 3.81. The van der Waals surface area contributed by atoms with E-state index < -0.39 is 17.5 Å². The summed E-state index contributed by atoms with van der Waals surface area (Å²) in [6, 6.07) is 13.6. The van der Waals surface area contributed by atoms with Gasteiger partial charge in [0.25, 0.3) is 0 Å². The van der Waals surface area contributed by atoms with Crippen molar-refractivity contribution in [2.45, 2.75) is 6.42 Å². The molecule has 1 N–H and O–H groups in total. The molecule has 0 aliphatic rings. The Morgan fingerprint density at radius 1 is 0.880 bits per heavy atom. The molecule has 0 aliphatic heterocycles. The summed E-state index contributed by atoms with van der Waals surface area (Å²) >= 11 is 0. The Labute approximate surface area is 142 Å². The summed E-state index contributed by atoms with van der Waals surface area (Å²) in [5.74, 6) is -2.03. The number of phenolic OH excluding ortho intramolecular Hbond substituents is 1. The van der Waals surface area contributed by atoms with E-state index in [-0.39, 0.29) is 17.7 Å². The van der Waals surface area contributed by atoms with Gasteiger partial charge < -0.3 is 5.11 Å². The highest BCUT2D eigenvalue weighted by molar-refractivity contribution is 5.70. The highest BCUT2D eigenvalue weighted by Gasteiger charge is 2.13. The van der Waals surface area contributed by atoms with Crippen molar-refractivity contribution in [2.75, 3.05) is 0 Å². The van der Waals surface area contributed by atoms with E-state index in [1.807, 2.05) is 0 Å². The number of rotatable bonds is 3. The van der Waals surface area contributed by atoms with Gasteiger partial charge in [-0.2, -0.15) is 5.26 Å². The van der Waals surface area contributed by atoms with E-state index >= 15 is 0 Å². The van der Waals surface area contributed by atoms with E-state index in [0.29, 0.717) is 22.3 Å². The Kier molecular flexibility index (Phi) is 4.44. The van der Waals surface area contributed by atoms with Gasteiger partial charge in [-0.15, -0.1) is 0 Å². The molecule has 0 radical (unpaired) electrons. The fourth-order valence-corrected chi connectivity index (χ4v) is 2.69. The van der Waals surface area contributed by atoms with Crippen molar-refractivity contribution in [2.24, 2.45) is 0 Å². The van der Waals surface area contributed by atoms with Crippen LogP contribution in [0, 0.1) is 28.8 Å². The Morgan fingerprint density at radius 3 is 2.12 bits per heavy atom. The molecule has 25 heavy (non-hydrogen) atoms. The molecule has 0 spiro atoms. The highest BCUT2D eigenvalue weighted by Crippen LogP contribution is 2.30. The number of hydrogen-bond acceptors (Lipinski definition) is 2. The molecular weight excluding hydrogens is 327 g/mol. The summed E-state index contributed by atoms with van der Waals surface area (Å²) in [5, 5.41) is 18.5. The monoisotopic (exact) mass is 339 g/mol. The SMILES string of the molecule is N#Cc1cc(Cc2cc(F)cc(F)c2)c(-c2ccc(O)cc2)cc1F. The minimum absolute atomic E-state index is 0.0617. The van der Waals surface area contributed by atoms with Crippen molar-refractivity contribution in [3.63, 3.8) is 0 Å². The van der Waals surface area contributed by atoms with Crippen LogP contribution in [0.25, 0.3) is 11.1 Å². The molecule has 3 rings (SSSR count). The lowest BCUT2D eigenvalue weighted by Crippen LogP contribution is -1.98. The molecule has 0 amide bonds. The molecule has 5 heteroatoms. The van der Waals surface area contributed by atoms with Gasteiger partial charge in [-0.1, -0.05) is 12.1 Å². The van der Waals surface area contributed by atoms with Gasteiger partial charge in [0.15, 0.2) is 0 Å². The molecule has 0 bridgehead atoms. The lowest BCUT2D eigenvalue weighted by molar-refractivity contribution is 0.475. The zero-order chi connectivity index (χ0) is 18.0. The summed E-state index contributed by atoms with van der Waals surface area (Å²) in [6.07, 6.45) is 0.125. The number of halogens is 3. The highest BCUT2D eigenvalue weighted by atomic mass is 19.1. The molecule has 3 aromatic carbocycles. The molecule has 0 saturated carbocycles. The first-order chi connectivity index (χ1) is 12.0. The van der Waals surface area contributed by atoms with Crippen molar-refractivity contribution >= 4 is 0 Å². The third kappa shape index (κ3) is 3.64. The molecule has 0 heterocycles. The number of nitriles is 1. The minimum Gasteiger partial charge on any atom is -0.508 e. The Hall–Kier alpha value is -3.26. The van der Waals surface area contributed by atoms with E-state index in [1.165, 1.54) is 36.4 Å². The molecule has 0 saturated heterocycles. The number of phenols is 1. The van der Waals surface area contributed by atoms with Gasteiger partial charge >= 0.3 is 0 Å². The van der Waals surface area contributed by atoms with E-state index in [2.05, 4.69) is 0 Å². The van der Waals surface area contributed by atoms with Crippen LogP contribution >= 0.6 is 0 Å². The van der Waals surface area contributed by atoms with Crippen molar-refractivity contribution < 1.29 is 18.3 Å². The molecule has 124 valence electrons. The number of nitrogens with zero attached hydrogens (tertiary/aromatic N) is 1. The molecule has 2 nitrogen and oxygen atoms in total. The van der Waals surface area contributed by atoms with Crippen LogP contribution in [-0.2, 0) is 6.42 Å². The standard InChI is InChI=1S/C20H12F3NO/c21-16-6-12(7-17(22)9-16)5-14-8-15(11-24)20(23)10-19(14)13-1-3-18(25)4-2-13/h1-4,6-10,25H,5H2. The van der Waals surface area contributed by atoms with E-state index in [0.717, 1.165) is 6.07 Å². The fourth-order valence-electron chi connectivity index (χ4n) is 2.69. The lowest BCUT2D eigenvalue weighted by atomic mass is 9.93. The minimum atomic E-state index is -0.705. The Bertz CT molecular complexity index is 955. The first-order valence-corrected chi connectivity index (χ1v) is 7.43. The number of hydrogen-bond donors (Lipinski definition) is 1. The zero-order valence-electron chi connectivity index (χ0n) is 12.9. The molecular formula is C20H12F3NO. The van der Waals surface area contributed by atoms with Gasteiger partial charge in [-0.25, -0.2) is 13.2 Å². The molecule has 0 fully saturated rings. The maximum absolute atomic E-state index is 14.1. The smallest absolute Gasteiger partial charge is 0.141 e. The van der Waals surface area contributed by atoms with Gasteiger partial charge in [0.05, 0.1) is 5.56 Å². The first-order valence-electron chi connectivity index (χ1n) is 7.43. The lowest BCUT2D eigenvalue weighted by Gasteiger charge is -2.12. The average Bonchev–Trinajstić information content (AvgIpc) is 2.56. The quantitative estimate of drug-likeness (QED) is 0.734. The van der Waals surface area contributed by atoms with Crippen molar-refractivity contribution in [3.05, 3.63) is 88.7 Å². The second-order valence-corrected chi connectivity index (χ2v) is 5.60. The number of benzene rings is 3. The molecule has 0 aliphatic carbocycles. The van der Waals surface area contributed by atoms with Crippen LogP contribution in [0.4, 0.5) is 13.2 Å². The normalized spacial score (nSPS) is 10.5. The second-order valence-electron chi connectivity index (χ2n) is 5.60. The predicted molar refractivity (Wildman–Crippen MR) is 87.4 cm³/mol. The predicted octanol–water partition coefficient (Wildman–Crippen LogP) is 4.94. The summed E-state index contributed by atoms with van der Waals surface area (Å²) in [4.78, 5) is 0. The second kappa shape index (κ2) is 6.70. The molecule has 3 aromatic rings. The fraction of sp³-hybridized carbons (Fsp3) is 0.0500. The van der Waals surface area contributed by atoms with E-state index in [4.69, 9.17) is 5.26 Å². The van der Waals surface area contributed by atoms with Gasteiger partial charge in [0.1, 0.15) is 29.3 Å². The van der Waals surface area contributed by atoms with Gasteiger partial charge in [0.2, 0.25) is 0 Å². The van der Waals surface area contributed by atoms with Gasteiger partial charge in [-0.3, -0.25) is 0 Å².